The van der Waals surface area contributed by atoms with E-state index in [-0.39, 0.29) is 12.2 Å². The Kier molecular flexibility index (Phi) is 8.30. The number of piperazine rings is 2. The lowest BCUT2D eigenvalue weighted by molar-refractivity contribution is 0.0751. The number of carbonyl (C=O) groups excluding carboxylic acids is 1. The summed E-state index contributed by atoms with van der Waals surface area (Å²) in [6.45, 7) is 13.4. The van der Waals surface area contributed by atoms with Crippen LogP contribution in [0.3, 0.4) is 0 Å². The molecule has 2 saturated heterocycles. The molecule has 0 spiro atoms. The summed E-state index contributed by atoms with van der Waals surface area (Å²) >= 11 is 3.76. The lowest BCUT2D eigenvalue weighted by Crippen LogP contribution is -2.49. The summed E-state index contributed by atoms with van der Waals surface area (Å²) in [5, 5.41) is 0. The largest absolute Gasteiger partial charge is 0.447 e. The highest BCUT2D eigenvalue weighted by molar-refractivity contribution is 9.10. The Morgan fingerprint density at radius 2 is 1.69 bits per heavy atom. The Balaban J connectivity index is 1.12. The molecule has 0 saturated carbocycles. The molecule has 1 aromatic carbocycles. The van der Waals surface area contributed by atoms with Crippen molar-refractivity contribution in [2.45, 2.75) is 33.4 Å². The van der Waals surface area contributed by atoms with E-state index < -0.39 is 0 Å². The third-order valence-electron chi connectivity index (χ3n) is 7.88. The highest BCUT2D eigenvalue weighted by Crippen LogP contribution is 2.35. The Morgan fingerprint density at radius 1 is 0.976 bits per heavy atom. The number of imidazole rings is 1. The first kappa shape index (κ1) is 28.4. The first-order chi connectivity index (χ1) is 20.3. The minimum absolute atomic E-state index is 0.105. The molecule has 0 radical (unpaired) electrons. The maximum absolute atomic E-state index is 12.2. The predicted molar refractivity (Wildman–Crippen MR) is 169 cm³/mol. The van der Waals surface area contributed by atoms with E-state index in [0.717, 1.165) is 84.3 Å². The van der Waals surface area contributed by atoms with Crippen LogP contribution in [0.25, 0.3) is 22.6 Å². The zero-order chi connectivity index (χ0) is 29.2. The molecule has 0 bridgehead atoms. The van der Waals surface area contributed by atoms with Gasteiger partial charge >= 0.3 is 6.09 Å². The molecular weight excluding hydrogens is 596 g/mol. The number of halogens is 1. The molecule has 2 aliphatic heterocycles. The number of benzene rings is 1. The van der Waals surface area contributed by atoms with Crippen LogP contribution in [0.1, 0.15) is 25.1 Å². The highest BCUT2D eigenvalue weighted by Gasteiger charge is 2.25. The fraction of sp³-hybridized carbons (Fsp3) is 0.419. The van der Waals surface area contributed by atoms with Crippen molar-refractivity contribution in [1.29, 1.82) is 0 Å². The van der Waals surface area contributed by atoms with Gasteiger partial charge in [-0.15, -0.1) is 0 Å². The minimum atomic E-state index is -0.230. The second-order valence-electron chi connectivity index (χ2n) is 11.3. The maximum Gasteiger partial charge on any atom is 0.410 e. The number of H-pyrrole nitrogens is 1. The zero-order valence-corrected chi connectivity index (χ0v) is 26.0. The molecule has 5 heterocycles. The maximum atomic E-state index is 12.2. The molecule has 2 aliphatic rings. The van der Waals surface area contributed by atoms with Gasteiger partial charge in [-0.2, -0.15) is 0 Å². The van der Waals surface area contributed by atoms with Gasteiger partial charge in [-0.05, 0) is 78.7 Å². The number of fused-ring (bicyclic) bond motifs is 1. The van der Waals surface area contributed by atoms with Gasteiger partial charge in [0, 0.05) is 88.2 Å². The van der Waals surface area contributed by atoms with Crippen molar-refractivity contribution < 1.29 is 9.53 Å². The van der Waals surface area contributed by atoms with E-state index in [1.54, 1.807) is 4.90 Å². The Morgan fingerprint density at radius 3 is 2.38 bits per heavy atom. The minimum Gasteiger partial charge on any atom is -0.447 e. The molecule has 0 unspecified atom stereocenters. The summed E-state index contributed by atoms with van der Waals surface area (Å²) in [4.78, 5) is 38.6. The van der Waals surface area contributed by atoms with E-state index in [9.17, 15) is 4.79 Å². The standard InChI is InChI=1S/C31H37BrN8O2/c1-21(2)42-31(41)40-16-14-38(15-17-40)25-6-4-24(5-7-25)29-35-27-28(26(32)19-34-30(27)36-29)39-12-10-37(11-13-39)20-23-8-9-33-22(3)18-23/h4-9,18-19,21H,10-17,20H2,1-3H3,(H,34,35,36). The summed E-state index contributed by atoms with van der Waals surface area (Å²) in [5.74, 6) is 0.802. The molecule has 1 amide bonds. The molecule has 4 aromatic rings. The molecule has 42 heavy (non-hydrogen) atoms. The fourth-order valence-electron chi connectivity index (χ4n) is 5.71. The highest BCUT2D eigenvalue weighted by atomic mass is 79.9. The molecular formula is C31H37BrN8O2. The fourth-order valence-corrected chi connectivity index (χ4v) is 6.26. The molecule has 6 rings (SSSR count). The lowest BCUT2D eigenvalue weighted by atomic mass is 10.1. The van der Waals surface area contributed by atoms with E-state index in [0.29, 0.717) is 18.7 Å². The number of nitrogens with zero attached hydrogens (tertiary/aromatic N) is 7. The number of ether oxygens (including phenoxy) is 1. The van der Waals surface area contributed by atoms with E-state index >= 15 is 0 Å². The Hall–Kier alpha value is -3.70. The number of carbonyl (C=O) groups is 1. The van der Waals surface area contributed by atoms with Gasteiger partial charge in [-0.3, -0.25) is 9.88 Å². The second kappa shape index (κ2) is 12.3. The van der Waals surface area contributed by atoms with E-state index in [1.165, 1.54) is 5.56 Å². The number of nitrogens with one attached hydrogen (secondary N) is 1. The van der Waals surface area contributed by atoms with E-state index in [4.69, 9.17) is 9.72 Å². The van der Waals surface area contributed by atoms with Crippen molar-refractivity contribution >= 4 is 44.6 Å². The van der Waals surface area contributed by atoms with Crippen LogP contribution in [-0.2, 0) is 11.3 Å². The quantitative estimate of drug-likeness (QED) is 0.315. The molecule has 0 atom stereocenters. The monoisotopic (exact) mass is 632 g/mol. The summed E-state index contributed by atoms with van der Waals surface area (Å²) < 4.78 is 6.32. The third-order valence-corrected chi connectivity index (χ3v) is 8.46. The van der Waals surface area contributed by atoms with Gasteiger partial charge in [0.25, 0.3) is 0 Å². The number of aromatic amines is 1. The summed E-state index contributed by atoms with van der Waals surface area (Å²) in [7, 11) is 0. The van der Waals surface area contributed by atoms with Crippen LogP contribution in [0.2, 0.25) is 0 Å². The van der Waals surface area contributed by atoms with Crippen LogP contribution < -0.4 is 9.80 Å². The van der Waals surface area contributed by atoms with Crippen molar-refractivity contribution in [1.82, 2.24) is 29.7 Å². The molecule has 11 heteroatoms. The second-order valence-corrected chi connectivity index (χ2v) is 12.1. The van der Waals surface area contributed by atoms with Crippen LogP contribution in [0.5, 0.6) is 0 Å². The number of rotatable bonds is 6. The molecule has 1 N–H and O–H groups in total. The van der Waals surface area contributed by atoms with Crippen molar-refractivity contribution in [3.05, 3.63) is 64.5 Å². The molecule has 10 nitrogen and oxygen atoms in total. The lowest BCUT2D eigenvalue weighted by Gasteiger charge is -2.36. The van der Waals surface area contributed by atoms with Gasteiger partial charge in [-0.1, -0.05) is 0 Å². The number of hydrogen-bond donors (Lipinski definition) is 1. The predicted octanol–water partition coefficient (Wildman–Crippen LogP) is 5.08. The molecule has 220 valence electrons. The number of aryl methyl sites for hydroxylation is 1. The van der Waals surface area contributed by atoms with Crippen LogP contribution in [0.4, 0.5) is 16.2 Å². The number of hydrogen-bond acceptors (Lipinski definition) is 8. The normalized spacial score (nSPS) is 16.5. The van der Waals surface area contributed by atoms with Crippen molar-refractivity contribution in [2.75, 3.05) is 62.2 Å². The molecule has 2 fully saturated rings. The van der Waals surface area contributed by atoms with Gasteiger partial charge in [0.1, 0.15) is 11.3 Å². The number of anilines is 2. The van der Waals surface area contributed by atoms with E-state index in [1.807, 2.05) is 33.2 Å². The zero-order valence-electron chi connectivity index (χ0n) is 24.4. The van der Waals surface area contributed by atoms with Gasteiger partial charge in [0.15, 0.2) is 5.65 Å². The van der Waals surface area contributed by atoms with Crippen molar-refractivity contribution in [3.8, 4) is 11.4 Å². The van der Waals surface area contributed by atoms with Gasteiger partial charge in [0.05, 0.1) is 16.3 Å². The van der Waals surface area contributed by atoms with Gasteiger partial charge in [-0.25, -0.2) is 14.8 Å². The first-order valence-electron chi connectivity index (χ1n) is 14.6. The SMILES string of the molecule is Cc1cc(CN2CCN(c3c(Br)cnc4nc(-c5ccc(N6CCN(C(=O)OC(C)C)CC6)cc5)[nH]c34)CC2)ccn1. The smallest absolute Gasteiger partial charge is 0.410 e. The van der Waals surface area contributed by atoms with Gasteiger partial charge in [0.2, 0.25) is 0 Å². The number of amides is 1. The summed E-state index contributed by atoms with van der Waals surface area (Å²) in [6, 6.07) is 12.7. The average molecular weight is 634 g/mol. The third kappa shape index (κ3) is 6.22. The first-order valence-corrected chi connectivity index (χ1v) is 15.4. The van der Waals surface area contributed by atoms with Crippen molar-refractivity contribution in [3.63, 3.8) is 0 Å². The van der Waals surface area contributed by atoms with Crippen LogP contribution >= 0.6 is 15.9 Å². The van der Waals surface area contributed by atoms with Crippen LogP contribution in [0, 0.1) is 6.92 Å². The Bertz CT molecular complexity index is 1540. The van der Waals surface area contributed by atoms with Crippen molar-refractivity contribution in [2.24, 2.45) is 0 Å². The van der Waals surface area contributed by atoms with Crippen LogP contribution in [-0.4, -0.2) is 94.3 Å². The summed E-state index contributed by atoms with van der Waals surface area (Å²) in [6.07, 6.45) is 3.41. The van der Waals surface area contributed by atoms with Gasteiger partial charge < -0.3 is 24.4 Å². The Labute approximate surface area is 254 Å². The number of pyridine rings is 2. The average Bonchev–Trinajstić information content (AvgIpc) is 3.42. The van der Waals surface area contributed by atoms with Crippen LogP contribution in [0.15, 0.2) is 53.3 Å². The van der Waals surface area contributed by atoms with E-state index in [2.05, 4.69) is 82.0 Å². The summed E-state index contributed by atoms with van der Waals surface area (Å²) in [5.41, 5.74) is 7.29. The molecule has 0 aliphatic carbocycles. The topological polar surface area (TPSA) is 93.7 Å². The molecule has 3 aromatic heterocycles. The number of aromatic nitrogens is 4.